The average molecular weight is 402 g/mol. The van der Waals surface area contributed by atoms with Crippen molar-refractivity contribution in [1.82, 2.24) is 0 Å². The van der Waals surface area contributed by atoms with Crippen molar-refractivity contribution in [1.29, 1.82) is 0 Å². The van der Waals surface area contributed by atoms with Gasteiger partial charge in [-0.2, -0.15) is 4.57 Å². The van der Waals surface area contributed by atoms with Crippen molar-refractivity contribution in [2.45, 2.75) is 66.0 Å². The van der Waals surface area contributed by atoms with Crippen molar-refractivity contribution in [3.8, 4) is 0 Å². The second kappa shape index (κ2) is 8.86. The first kappa shape index (κ1) is 20.5. The maximum Gasteiger partial charge on any atom is 0.341 e. The fraction of sp³-hybridized carbons (Fsp3) is 0.500. The number of nitrogens with zero attached hydrogens (tertiary/aromatic N) is 1. The smallest absolute Gasteiger partial charge is 0.341 e. The Kier molecular flexibility index (Phi) is 6.50. The SMILES string of the molecule is CCc1cc[n+](CC(=O)Nc2sc3c(c2C(=O)OC(C)C)CC[C@@H](C)C3)cc1. The normalized spacial score (nSPS) is 16.0. The van der Waals surface area contributed by atoms with E-state index in [0.29, 0.717) is 16.5 Å². The molecule has 0 unspecified atom stereocenters. The highest BCUT2D eigenvalue weighted by molar-refractivity contribution is 7.17. The summed E-state index contributed by atoms with van der Waals surface area (Å²) >= 11 is 1.52. The van der Waals surface area contributed by atoms with Gasteiger partial charge in [0.1, 0.15) is 5.00 Å². The van der Waals surface area contributed by atoms with Crippen LogP contribution in [0.3, 0.4) is 0 Å². The number of hydrogen-bond donors (Lipinski definition) is 1. The molecule has 0 aliphatic heterocycles. The Bertz CT molecular complexity index is 855. The first-order valence-corrected chi connectivity index (χ1v) is 10.8. The lowest BCUT2D eigenvalue weighted by atomic mass is 9.88. The van der Waals surface area contributed by atoms with Gasteiger partial charge in [0.2, 0.25) is 6.54 Å². The number of rotatable bonds is 6. The molecule has 1 atom stereocenters. The Hall–Kier alpha value is -2.21. The van der Waals surface area contributed by atoms with Gasteiger partial charge in [-0.15, -0.1) is 11.3 Å². The molecule has 6 heteroatoms. The standard InChI is InChI=1S/C22H28N2O3S/c1-5-16-8-10-24(11-9-16)13-19(25)23-21-20(22(26)27-14(2)3)17-7-6-15(4)12-18(17)28-21/h8-11,14-15H,5-7,12-13H2,1-4H3/p+1/t15-/m1/s1. The van der Waals surface area contributed by atoms with E-state index in [1.807, 2.05) is 42.9 Å². The topological polar surface area (TPSA) is 59.3 Å². The molecule has 0 spiro atoms. The number of fused-ring (bicyclic) bond motifs is 1. The van der Waals surface area contributed by atoms with E-state index in [0.717, 1.165) is 31.2 Å². The van der Waals surface area contributed by atoms with Gasteiger partial charge in [-0.1, -0.05) is 13.8 Å². The number of ether oxygens (including phenoxy) is 1. The van der Waals surface area contributed by atoms with E-state index >= 15 is 0 Å². The molecule has 150 valence electrons. The van der Waals surface area contributed by atoms with Crippen molar-refractivity contribution >= 4 is 28.2 Å². The molecule has 0 saturated carbocycles. The summed E-state index contributed by atoms with van der Waals surface area (Å²) in [6, 6.07) is 4.04. The lowest BCUT2D eigenvalue weighted by Crippen LogP contribution is -2.39. The molecule has 28 heavy (non-hydrogen) atoms. The molecule has 1 aliphatic carbocycles. The van der Waals surface area contributed by atoms with Gasteiger partial charge in [0.25, 0.3) is 5.91 Å². The van der Waals surface area contributed by atoms with Crippen LogP contribution in [-0.4, -0.2) is 18.0 Å². The van der Waals surface area contributed by atoms with Crippen LogP contribution < -0.4 is 9.88 Å². The van der Waals surface area contributed by atoms with Crippen molar-refractivity contribution < 1.29 is 18.9 Å². The van der Waals surface area contributed by atoms with Gasteiger partial charge >= 0.3 is 5.97 Å². The quantitative estimate of drug-likeness (QED) is 0.589. The predicted molar refractivity (Wildman–Crippen MR) is 111 cm³/mol. The number of pyridine rings is 1. The highest BCUT2D eigenvalue weighted by Crippen LogP contribution is 2.40. The second-order valence-electron chi connectivity index (χ2n) is 7.79. The van der Waals surface area contributed by atoms with E-state index in [1.54, 1.807) is 0 Å². The lowest BCUT2D eigenvalue weighted by Gasteiger charge is -2.18. The van der Waals surface area contributed by atoms with Crippen LogP contribution in [0.2, 0.25) is 0 Å². The molecule has 1 amide bonds. The highest BCUT2D eigenvalue weighted by Gasteiger charge is 2.30. The third kappa shape index (κ3) is 4.79. The van der Waals surface area contributed by atoms with Gasteiger partial charge in [0, 0.05) is 17.0 Å². The van der Waals surface area contributed by atoms with Gasteiger partial charge < -0.3 is 10.1 Å². The fourth-order valence-electron chi connectivity index (χ4n) is 3.49. The molecule has 2 heterocycles. The van der Waals surface area contributed by atoms with Crippen LogP contribution in [0.5, 0.6) is 0 Å². The Balaban J connectivity index is 1.81. The van der Waals surface area contributed by atoms with Crippen LogP contribution in [-0.2, 0) is 35.3 Å². The van der Waals surface area contributed by atoms with Crippen molar-refractivity contribution in [3.05, 3.63) is 46.1 Å². The molecule has 0 radical (unpaired) electrons. The summed E-state index contributed by atoms with van der Waals surface area (Å²) in [7, 11) is 0. The Morgan fingerprint density at radius 1 is 1.32 bits per heavy atom. The van der Waals surface area contributed by atoms with Crippen LogP contribution in [0, 0.1) is 5.92 Å². The number of anilines is 1. The number of carbonyl (C=O) groups excluding carboxylic acids is 2. The summed E-state index contributed by atoms with van der Waals surface area (Å²) in [5.74, 6) is 0.119. The van der Waals surface area contributed by atoms with E-state index in [-0.39, 0.29) is 24.5 Å². The van der Waals surface area contributed by atoms with Crippen LogP contribution in [0.4, 0.5) is 5.00 Å². The molecule has 0 bridgehead atoms. The number of nitrogens with one attached hydrogen (secondary N) is 1. The summed E-state index contributed by atoms with van der Waals surface area (Å²) in [6.45, 7) is 8.22. The molecule has 0 aromatic carbocycles. The fourth-order valence-corrected chi connectivity index (χ4v) is 4.90. The summed E-state index contributed by atoms with van der Waals surface area (Å²) in [6.07, 6.45) is 7.46. The van der Waals surface area contributed by atoms with Gasteiger partial charge in [-0.3, -0.25) is 4.79 Å². The number of carbonyl (C=O) groups is 2. The van der Waals surface area contributed by atoms with Gasteiger partial charge in [-0.05, 0) is 56.6 Å². The number of hydrogen-bond acceptors (Lipinski definition) is 4. The zero-order valence-electron chi connectivity index (χ0n) is 17.1. The minimum absolute atomic E-state index is 0.139. The highest BCUT2D eigenvalue weighted by atomic mass is 32.1. The minimum atomic E-state index is -0.336. The molecular weight excluding hydrogens is 372 g/mol. The second-order valence-corrected chi connectivity index (χ2v) is 8.90. The van der Waals surface area contributed by atoms with E-state index in [4.69, 9.17) is 4.74 Å². The van der Waals surface area contributed by atoms with Crippen molar-refractivity contribution in [3.63, 3.8) is 0 Å². The van der Waals surface area contributed by atoms with E-state index in [2.05, 4.69) is 19.2 Å². The van der Waals surface area contributed by atoms with E-state index in [1.165, 1.54) is 21.8 Å². The minimum Gasteiger partial charge on any atom is -0.459 e. The van der Waals surface area contributed by atoms with Crippen LogP contribution in [0.15, 0.2) is 24.5 Å². The molecular formula is C22H29N2O3S+. The van der Waals surface area contributed by atoms with Crippen molar-refractivity contribution in [2.75, 3.05) is 5.32 Å². The molecule has 2 aromatic rings. The Morgan fingerprint density at radius 3 is 2.68 bits per heavy atom. The molecule has 1 N–H and O–H groups in total. The lowest BCUT2D eigenvalue weighted by molar-refractivity contribution is -0.684. The maximum absolute atomic E-state index is 12.7. The van der Waals surface area contributed by atoms with Gasteiger partial charge in [0.15, 0.2) is 12.4 Å². The van der Waals surface area contributed by atoms with Crippen LogP contribution in [0.1, 0.15) is 60.5 Å². The van der Waals surface area contributed by atoms with E-state index < -0.39 is 0 Å². The molecule has 2 aromatic heterocycles. The number of esters is 1. The summed E-state index contributed by atoms with van der Waals surface area (Å²) in [5.41, 5.74) is 2.85. The zero-order valence-corrected chi connectivity index (χ0v) is 17.9. The van der Waals surface area contributed by atoms with Crippen LogP contribution in [0.25, 0.3) is 0 Å². The first-order chi connectivity index (χ1) is 13.4. The van der Waals surface area contributed by atoms with Gasteiger partial charge in [0.05, 0.1) is 11.7 Å². The van der Waals surface area contributed by atoms with E-state index in [9.17, 15) is 9.59 Å². The predicted octanol–water partition coefficient (Wildman–Crippen LogP) is 3.93. The Morgan fingerprint density at radius 2 is 2.04 bits per heavy atom. The number of thiophene rings is 1. The molecule has 3 rings (SSSR count). The monoisotopic (exact) mass is 401 g/mol. The summed E-state index contributed by atoms with van der Waals surface area (Å²) < 4.78 is 7.31. The third-order valence-electron chi connectivity index (χ3n) is 5.01. The zero-order chi connectivity index (χ0) is 20.3. The Labute approximate surface area is 170 Å². The molecule has 0 fully saturated rings. The summed E-state index contributed by atoms with van der Waals surface area (Å²) in [5, 5.41) is 3.60. The van der Waals surface area contributed by atoms with Crippen LogP contribution >= 0.6 is 11.3 Å². The largest absolute Gasteiger partial charge is 0.459 e. The third-order valence-corrected chi connectivity index (χ3v) is 6.18. The summed E-state index contributed by atoms with van der Waals surface area (Å²) in [4.78, 5) is 26.6. The molecule has 0 saturated heterocycles. The van der Waals surface area contributed by atoms with Gasteiger partial charge in [-0.25, -0.2) is 4.79 Å². The maximum atomic E-state index is 12.7. The molecule has 1 aliphatic rings. The first-order valence-electron chi connectivity index (χ1n) is 10.0. The number of aryl methyl sites for hydroxylation is 1. The number of amides is 1. The average Bonchev–Trinajstić information content (AvgIpc) is 2.98. The number of aromatic nitrogens is 1. The van der Waals surface area contributed by atoms with Crippen molar-refractivity contribution in [2.24, 2.45) is 5.92 Å². The molecule has 5 nitrogen and oxygen atoms in total.